The van der Waals surface area contributed by atoms with Gasteiger partial charge in [0, 0.05) is 6.04 Å². The monoisotopic (exact) mass is 337 g/mol. The molecule has 0 aromatic carbocycles. The van der Waals surface area contributed by atoms with Gasteiger partial charge in [0.05, 0.1) is 12.3 Å². The van der Waals surface area contributed by atoms with Gasteiger partial charge in [0.1, 0.15) is 17.9 Å². The Morgan fingerprint density at radius 1 is 1.27 bits per heavy atom. The van der Waals surface area contributed by atoms with E-state index >= 15 is 0 Å². The van der Waals surface area contributed by atoms with E-state index in [-0.39, 0.29) is 12.5 Å². The lowest BCUT2D eigenvalue weighted by Crippen LogP contribution is -2.62. The van der Waals surface area contributed by atoms with Gasteiger partial charge in [-0.3, -0.25) is 9.08 Å². The molecule has 2 bridgehead atoms. The van der Waals surface area contributed by atoms with Gasteiger partial charge < -0.3 is 4.74 Å². The summed E-state index contributed by atoms with van der Waals surface area (Å²) in [5.74, 6) is 0. The Balaban J connectivity index is 2.17. The van der Waals surface area contributed by atoms with Crippen molar-refractivity contribution in [2.75, 3.05) is 6.26 Å². The van der Waals surface area contributed by atoms with Crippen LogP contribution < -0.4 is 0 Å². The quantitative estimate of drug-likeness (QED) is 0.723. The number of alkyl halides is 1. The van der Waals surface area contributed by atoms with Crippen LogP contribution in [0.4, 0.5) is 9.18 Å². The largest absolute Gasteiger partial charge is 0.444 e. The molecule has 0 N–H and O–H groups in total. The number of rotatable bonds is 2. The summed E-state index contributed by atoms with van der Waals surface area (Å²) in [6.45, 7) is 5.27. The number of carbonyl (C=O) groups is 1. The Bertz CT molecular complexity index is 530. The Morgan fingerprint density at radius 2 is 1.91 bits per heavy atom. The zero-order valence-corrected chi connectivity index (χ0v) is 14.2. The zero-order valence-electron chi connectivity index (χ0n) is 13.4. The van der Waals surface area contributed by atoms with E-state index in [1.54, 1.807) is 20.8 Å². The molecule has 2 rings (SSSR count). The molecule has 2 saturated heterocycles. The maximum absolute atomic E-state index is 14.7. The molecule has 22 heavy (non-hydrogen) atoms. The van der Waals surface area contributed by atoms with Gasteiger partial charge in [-0.15, -0.1) is 0 Å². The van der Waals surface area contributed by atoms with Crippen molar-refractivity contribution in [2.24, 2.45) is 0 Å². The van der Waals surface area contributed by atoms with Crippen molar-refractivity contribution in [3.05, 3.63) is 0 Å². The summed E-state index contributed by atoms with van der Waals surface area (Å²) in [7, 11) is -3.73. The van der Waals surface area contributed by atoms with Gasteiger partial charge in [-0.2, -0.15) is 8.42 Å². The second kappa shape index (κ2) is 5.96. The van der Waals surface area contributed by atoms with Crippen LogP contribution in [0, 0.1) is 0 Å². The average molecular weight is 337 g/mol. The summed E-state index contributed by atoms with van der Waals surface area (Å²) in [5, 5.41) is 0. The highest BCUT2D eigenvalue weighted by molar-refractivity contribution is 7.86. The molecule has 0 saturated carbocycles. The molecule has 128 valence electrons. The molecule has 0 aromatic rings. The van der Waals surface area contributed by atoms with Gasteiger partial charge >= 0.3 is 6.09 Å². The molecule has 8 heteroatoms. The van der Waals surface area contributed by atoms with Crippen molar-refractivity contribution in [3.63, 3.8) is 0 Å². The Kier molecular flexibility index (Phi) is 4.73. The van der Waals surface area contributed by atoms with E-state index < -0.39 is 40.1 Å². The molecule has 0 aromatic heterocycles. The molecule has 2 heterocycles. The molecule has 2 aliphatic rings. The molecule has 2 aliphatic heterocycles. The number of hydrogen-bond acceptors (Lipinski definition) is 5. The number of halogens is 1. The molecule has 0 radical (unpaired) electrons. The van der Waals surface area contributed by atoms with E-state index in [9.17, 15) is 17.6 Å². The van der Waals surface area contributed by atoms with Crippen LogP contribution in [-0.4, -0.2) is 55.6 Å². The van der Waals surface area contributed by atoms with E-state index in [0.717, 1.165) is 12.7 Å². The van der Waals surface area contributed by atoms with Crippen LogP contribution in [0.2, 0.25) is 0 Å². The SMILES string of the molecule is CC(C)(C)OC(=O)N1[C@@H]2CCC[C@H]1[C@H](F)[C@@H](OS(C)(=O)=O)C2. The van der Waals surface area contributed by atoms with Crippen molar-refractivity contribution in [3.8, 4) is 0 Å². The molecule has 0 unspecified atom stereocenters. The number of fused-ring (bicyclic) bond motifs is 2. The first kappa shape index (κ1) is 17.5. The number of piperidine rings is 2. The molecule has 0 aliphatic carbocycles. The predicted molar refractivity (Wildman–Crippen MR) is 78.7 cm³/mol. The highest BCUT2D eigenvalue weighted by Gasteiger charge is 2.50. The fourth-order valence-electron chi connectivity index (χ4n) is 3.22. The first-order valence-corrected chi connectivity index (χ1v) is 9.33. The van der Waals surface area contributed by atoms with Crippen LogP contribution in [0.25, 0.3) is 0 Å². The van der Waals surface area contributed by atoms with E-state index in [1.807, 2.05) is 0 Å². The average Bonchev–Trinajstić information content (AvgIpc) is 2.31. The second-order valence-corrected chi connectivity index (χ2v) is 8.66. The Labute approximate surface area is 131 Å². The maximum atomic E-state index is 14.7. The maximum Gasteiger partial charge on any atom is 0.410 e. The first-order valence-electron chi connectivity index (χ1n) is 7.51. The fraction of sp³-hybridized carbons (Fsp3) is 0.929. The van der Waals surface area contributed by atoms with Gasteiger partial charge in [0.2, 0.25) is 0 Å². The van der Waals surface area contributed by atoms with Gasteiger partial charge in [0.25, 0.3) is 10.1 Å². The third kappa shape index (κ3) is 4.10. The second-order valence-electron chi connectivity index (χ2n) is 7.06. The van der Waals surface area contributed by atoms with E-state index in [1.165, 1.54) is 4.90 Å². The third-order valence-electron chi connectivity index (χ3n) is 3.92. The topological polar surface area (TPSA) is 72.9 Å². The first-order chi connectivity index (χ1) is 9.98. The van der Waals surface area contributed by atoms with Crippen molar-refractivity contribution in [2.45, 2.75) is 76.4 Å². The minimum atomic E-state index is -3.73. The standard InChI is InChI=1S/C14H24FNO5S/c1-14(2,3)20-13(17)16-9-6-5-7-10(16)12(15)11(8-9)21-22(4,18)19/h9-12H,5-8H2,1-4H3/t9-,10+,11+,12+/m1/s1. The smallest absolute Gasteiger partial charge is 0.410 e. The minimum absolute atomic E-state index is 0.171. The lowest BCUT2D eigenvalue weighted by molar-refractivity contribution is -0.0775. The Hall–Kier alpha value is -0.890. The summed E-state index contributed by atoms with van der Waals surface area (Å²) in [6.07, 6.45) is -0.0158. The van der Waals surface area contributed by atoms with Crippen LogP contribution >= 0.6 is 0 Å². The molecular formula is C14H24FNO5S. The number of nitrogens with zero attached hydrogens (tertiary/aromatic N) is 1. The predicted octanol–water partition coefficient (Wildman–Crippen LogP) is 2.23. The van der Waals surface area contributed by atoms with Crippen LogP contribution in [-0.2, 0) is 19.0 Å². The lowest BCUT2D eigenvalue weighted by Gasteiger charge is -2.49. The third-order valence-corrected chi connectivity index (χ3v) is 4.51. The van der Waals surface area contributed by atoms with Crippen molar-refractivity contribution < 1.29 is 26.5 Å². The number of hydrogen-bond donors (Lipinski definition) is 0. The molecule has 6 nitrogen and oxygen atoms in total. The lowest BCUT2D eigenvalue weighted by atomic mass is 9.82. The normalized spacial score (nSPS) is 32.7. The van der Waals surface area contributed by atoms with Crippen molar-refractivity contribution in [1.29, 1.82) is 0 Å². The number of amides is 1. The zero-order chi connectivity index (χ0) is 16.7. The summed E-state index contributed by atoms with van der Waals surface area (Å²) >= 11 is 0. The minimum Gasteiger partial charge on any atom is -0.444 e. The molecule has 2 fully saturated rings. The van der Waals surface area contributed by atoms with Gasteiger partial charge in [-0.05, 0) is 46.5 Å². The number of carbonyl (C=O) groups excluding carboxylic acids is 1. The van der Waals surface area contributed by atoms with Crippen LogP contribution in [0.5, 0.6) is 0 Å². The Morgan fingerprint density at radius 3 is 2.45 bits per heavy atom. The summed E-state index contributed by atoms with van der Waals surface area (Å²) in [6, 6.07) is -0.929. The van der Waals surface area contributed by atoms with Crippen LogP contribution in [0.15, 0.2) is 0 Å². The highest BCUT2D eigenvalue weighted by Crippen LogP contribution is 2.38. The van der Waals surface area contributed by atoms with Crippen LogP contribution in [0.1, 0.15) is 46.5 Å². The van der Waals surface area contributed by atoms with Crippen LogP contribution in [0.3, 0.4) is 0 Å². The van der Waals surface area contributed by atoms with Crippen molar-refractivity contribution >= 4 is 16.2 Å². The molecule has 4 atom stereocenters. The van der Waals surface area contributed by atoms with Gasteiger partial charge in [-0.25, -0.2) is 9.18 Å². The summed E-state index contributed by atoms with van der Waals surface area (Å²) in [4.78, 5) is 13.8. The van der Waals surface area contributed by atoms with E-state index in [4.69, 9.17) is 8.92 Å². The fourth-order valence-corrected chi connectivity index (χ4v) is 3.85. The summed E-state index contributed by atoms with van der Waals surface area (Å²) in [5.41, 5.74) is -0.655. The molecule has 0 spiro atoms. The highest BCUT2D eigenvalue weighted by atomic mass is 32.2. The van der Waals surface area contributed by atoms with E-state index in [2.05, 4.69) is 0 Å². The van der Waals surface area contributed by atoms with E-state index in [0.29, 0.717) is 12.8 Å². The number of ether oxygens (including phenoxy) is 1. The summed E-state index contributed by atoms with van der Waals surface area (Å²) < 4.78 is 47.4. The van der Waals surface area contributed by atoms with Gasteiger partial charge in [0.15, 0.2) is 0 Å². The molecule has 1 amide bonds. The van der Waals surface area contributed by atoms with Crippen molar-refractivity contribution in [1.82, 2.24) is 4.90 Å². The molecular weight excluding hydrogens is 313 g/mol. The van der Waals surface area contributed by atoms with Gasteiger partial charge in [-0.1, -0.05) is 0 Å².